The maximum absolute atomic E-state index is 13.9. The molecule has 2 aliphatic rings. The summed E-state index contributed by atoms with van der Waals surface area (Å²) in [6.07, 6.45) is 0.880. The molecule has 202 valence electrons. The number of carbonyl (C=O) groups excluding carboxylic acids is 2. The van der Waals surface area contributed by atoms with E-state index in [9.17, 15) is 9.59 Å². The van der Waals surface area contributed by atoms with Crippen molar-refractivity contribution in [1.82, 2.24) is 5.32 Å². The normalized spacial score (nSPS) is 19.0. The fraction of sp³-hybridized carbons (Fsp3) is 0.379. The van der Waals surface area contributed by atoms with Crippen LogP contribution in [0.5, 0.6) is 23.0 Å². The quantitative estimate of drug-likeness (QED) is 0.411. The monoisotopic (exact) mass is 585 g/mol. The first-order valence-electron chi connectivity index (χ1n) is 12.3. The minimum absolute atomic E-state index is 0.0382. The van der Waals surface area contributed by atoms with Gasteiger partial charge in [0.05, 0.1) is 45.1 Å². The highest BCUT2D eigenvalue weighted by Gasteiger charge is 2.42. The lowest BCUT2D eigenvalue weighted by atomic mass is 9.71. The van der Waals surface area contributed by atoms with Gasteiger partial charge in [0.25, 0.3) is 0 Å². The molecule has 2 aromatic carbocycles. The summed E-state index contributed by atoms with van der Waals surface area (Å²) in [6.45, 7) is 3.82. The highest BCUT2D eigenvalue weighted by atomic mass is 79.9. The summed E-state index contributed by atoms with van der Waals surface area (Å²) in [5.41, 5.74) is 4.12. The van der Waals surface area contributed by atoms with E-state index in [1.165, 1.54) is 0 Å². The van der Waals surface area contributed by atoms with Gasteiger partial charge in [0.15, 0.2) is 28.8 Å². The molecule has 9 heteroatoms. The first kappa shape index (κ1) is 27.6. The zero-order valence-corrected chi connectivity index (χ0v) is 24.0. The van der Waals surface area contributed by atoms with E-state index < -0.39 is 11.9 Å². The summed E-state index contributed by atoms with van der Waals surface area (Å²) in [5.74, 6) is 1.07. The lowest BCUT2D eigenvalue weighted by Gasteiger charge is -2.37. The topological polar surface area (TPSA) is 92.3 Å². The third-order valence-electron chi connectivity index (χ3n) is 6.99. The first-order chi connectivity index (χ1) is 18.3. The number of ketones is 1. The van der Waals surface area contributed by atoms with Crippen LogP contribution in [0.1, 0.15) is 49.7 Å². The summed E-state index contributed by atoms with van der Waals surface area (Å²) < 4.78 is 28.0. The van der Waals surface area contributed by atoms with Gasteiger partial charge in [0.2, 0.25) is 0 Å². The first-order valence-corrected chi connectivity index (χ1v) is 13.1. The molecule has 0 spiro atoms. The second-order valence-corrected chi connectivity index (χ2v) is 9.94. The van der Waals surface area contributed by atoms with E-state index in [4.69, 9.17) is 23.7 Å². The molecule has 0 bridgehead atoms. The number of carbonyl (C=O) groups is 2. The van der Waals surface area contributed by atoms with Gasteiger partial charge >= 0.3 is 5.97 Å². The maximum atomic E-state index is 13.9. The van der Waals surface area contributed by atoms with Crippen LogP contribution in [0.2, 0.25) is 0 Å². The molecule has 38 heavy (non-hydrogen) atoms. The van der Waals surface area contributed by atoms with E-state index in [1.54, 1.807) is 35.4 Å². The number of nitrogens with one attached hydrogen (secondary N) is 1. The second-order valence-electron chi connectivity index (χ2n) is 9.09. The van der Waals surface area contributed by atoms with Crippen molar-refractivity contribution in [2.45, 2.75) is 38.5 Å². The molecule has 0 fully saturated rings. The van der Waals surface area contributed by atoms with Gasteiger partial charge in [-0.1, -0.05) is 6.07 Å². The van der Waals surface area contributed by atoms with Gasteiger partial charge in [0, 0.05) is 29.3 Å². The summed E-state index contributed by atoms with van der Waals surface area (Å²) >= 11 is 3.56. The number of dihydropyridines is 1. The van der Waals surface area contributed by atoms with Crippen molar-refractivity contribution in [2.24, 2.45) is 0 Å². The van der Waals surface area contributed by atoms with Gasteiger partial charge in [-0.25, -0.2) is 4.79 Å². The molecule has 4 rings (SSSR count). The van der Waals surface area contributed by atoms with E-state index in [1.807, 2.05) is 37.3 Å². The Hall–Kier alpha value is -3.46. The minimum Gasteiger partial charge on any atom is -0.493 e. The molecule has 0 aromatic heterocycles. The highest BCUT2D eigenvalue weighted by Crippen LogP contribution is 2.49. The zero-order chi connectivity index (χ0) is 27.6. The summed E-state index contributed by atoms with van der Waals surface area (Å²) in [5, 5.41) is 3.37. The molecule has 0 saturated carbocycles. The van der Waals surface area contributed by atoms with Crippen molar-refractivity contribution in [3.63, 3.8) is 0 Å². The molecule has 2 aromatic rings. The number of methoxy groups -OCH3 is 4. The fourth-order valence-electron chi connectivity index (χ4n) is 5.30. The number of esters is 1. The van der Waals surface area contributed by atoms with Crippen LogP contribution in [-0.2, 0) is 14.3 Å². The van der Waals surface area contributed by atoms with Crippen LogP contribution in [0, 0.1) is 0 Å². The Bertz CT molecular complexity index is 1330. The molecule has 0 unspecified atom stereocenters. The predicted molar refractivity (Wildman–Crippen MR) is 146 cm³/mol. The third kappa shape index (κ3) is 4.99. The number of benzene rings is 2. The Labute approximate surface area is 231 Å². The van der Waals surface area contributed by atoms with E-state index in [-0.39, 0.29) is 24.7 Å². The molecular weight excluding hydrogens is 554 g/mol. The van der Waals surface area contributed by atoms with Crippen molar-refractivity contribution in [3.8, 4) is 23.0 Å². The lowest BCUT2D eigenvalue weighted by Crippen LogP contribution is -2.36. The van der Waals surface area contributed by atoms with Crippen molar-refractivity contribution in [1.29, 1.82) is 0 Å². The lowest BCUT2D eigenvalue weighted by molar-refractivity contribution is -0.138. The molecule has 1 heterocycles. The van der Waals surface area contributed by atoms with E-state index in [0.717, 1.165) is 16.8 Å². The Morgan fingerprint density at radius 3 is 2.26 bits per heavy atom. The van der Waals surface area contributed by atoms with E-state index in [2.05, 4.69) is 21.2 Å². The summed E-state index contributed by atoms with van der Waals surface area (Å²) in [4.78, 5) is 27.1. The molecule has 8 nitrogen and oxygen atoms in total. The molecule has 0 saturated heterocycles. The van der Waals surface area contributed by atoms with Gasteiger partial charge in [-0.3, -0.25) is 4.79 Å². The molecule has 1 aliphatic carbocycles. The van der Waals surface area contributed by atoms with E-state index >= 15 is 0 Å². The van der Waals surface area contributed by atoms with Crippen LogP contribution in [0.15, 0.2) is 57.3 Å². The van der Waals surface area contributed by atoms with Gasteiger partial charge in [-0.15, -0.1) is 0 Å². The Balaban J connectivity index is 1.84. The van der Waals surface area contributed by atoms with Crippen LogP contribution in [0.25, 0.3) is 0 Å². The van der Waals surface area contributed by atoms with Crippen molar-refractivity contribution in [3.05, 3.63) is 68.5 Å². The minimum atomic E-state index is -0.625. The van der Waals surface area contributed by atoms with Crippen LogP contribution in [0.3, 0.4) is 0 Å². The average molecular weight is 586 g/mol. The Morgan fingerprint density at radius 2 is 1.63 bits per heavy atom. The number of hydrogen-bond acceptors (Lipinski definition) is 8. The maximum Gasteiger partial charge on any atom is 0.336 e. The van der Waals surface area contributed by atoms with Crippen molar-refractivity contribution in [2.75, 3.05) is 35.0 Å². The second kappa shape index (κ2) is 11.5. The van der Waals surface area contributed by atoms with Gasteiger partial charge in [-0.2, -0.15) is 0 Å². The van der Waals surface area contributed by atoms with Gasteiger partial charge in [-0.05, 0) is 77.5 Å². The third-order valence-corrected chi connectivity index (χ3v) is 7.58. The number of allylic oxidation sites excluding steroid dienone is 3. The molecule has 1 N–H and O–H groups in total. The average Bonchev–Trinajstić information content (AvgIpc) is 2.91. The number of rotatable bonds is 8. The van der Waals surface area contributed by atoms with Crippen LogP contribution in [0.4, 0.5) is 0 Å². The highest BCUT2D eigenvalue weighted by molar-refractivity contribution is 9.10. The molecule has 0 amide bonds. The van der Waals surface area contributed by atoms with Crippen molar-refractivity contribution >= 4 is 27.7 Å². The molecule has 0 radical (unpaired) electrons. The van der Waals surface area contributed by atoms with Gasteiger partial charge < -0.3 is 29.0 Å². The Kier molecular flexibility index (Phi) is 8.35. The summed E-state index contributed by atoms with van der Waals surface area (Å²) in [6, 6.07) is 9.40. The van der Waals surface area contributed by atoms with Crippen LogP contribution >= 0.6 is 15.9 Å². The number of ether oxygens (including phenoxy) is 5. The number of halogens is 1. The predicted octanol–water partition coefficient (Wildman–Crippen LogP) is 5.41. The number of Topliss-reactive ketones (excluding diaryl/α,β-unsaturated/α-hetero) is 1. The standard InChI is InChI=1S/C29H32BrNO7/c1-7-38-29(33)25-15(2)31-20-11-17(16-8-9-22(34-3)23(13-16)35-4)12-21(32)27(20)26(25)18-10-19(30)28(37-6)24(14-18)36-5/h8-10,13-14,17,26,31H,7,11-12H2,1-6H3/t17-,26+/m1/s1. The molecular formula is C29H32BrNO7. The Morgan fingerprint density at radius 1 is 0.947 bits per heavy atom. The smallest absolute Gasteiger partial charge is 0.336 e. The van der Waals surface area contributed by atoms with Gasteiger partial charge in [0.1, 0.15) is 0 Å². The fourth-order valence-corrected chi connectivity index (χ4v) is 5.92. The van der Waals surface area contributed by atoms with Crippen molar-refractivity contribution < 1.29 is 33.3 Å². The SMILES string of the molecule is CCOC(=O)C1=C(C)NC2=C(C(=O)C[C@H](c3ccc(OC)c(OC)c3)C2)[C@H]1c1cc(Br)c(OC)c(OC)c1. The molecule has 1 aliphatic heterocycles. The zero-order valence-electron chi connectivity index (χ0n) is 22.4. The van der Waals surface area contributed by atoms with E-state index in [0.29, 0.717) is 50.7 Å². The summed E-state index contributed by atoms with van der Waals surface area (Å²) in [7, 11) is 6.29. The molecule has 2 atom stereocenters. The van der Waals surface area contributed by atoms with Crippen LogP contribution in [-0.4, -0.2) is 46.8 Å². The number of hydrogen-bond donors (Lipinski definition) is 1. The largest absolute Gasteiger partial charge is 0.493 e. The van der Waals surface area contributed by atoms with Crippen LogP contribution < -0.4 is 24.3 Å².